The van der Waals surface area contributed by atoms with E-state index in [4.69, 9.17) is 9.40 Å². The molecule has 152 valence electrons. The molecule has 0 unspecified atom stereocenters. The molecular formula is C25H24N2O3. The molecule has 0 saturated carbocycles. The number of aliphatic hydroxyl groups excluding tert-OH is 1. The van der Waals surface area contributed by atoms with Gasteiger partial charge in [0.2, 0.25) is 5.89 Å². The Morgan fingerprint density at radius 2 is 1.87 bits per heavy atom. The number of oxazole rings is 1. The summed E-state index contributed by atoms with van der Waals surface area (Å²) in [6, 6.07) is 17.4. The van der Waals surface area contributed by atoms with Crippen LogP contribution in [0.3, 0.4) is 0 Å². The van der Waals surface area contributed by atoms with Gasteiger partial charge in [-0.3, -0.25) is 0 Å². The Kier molecular flexibility index (Phi) is 4.12. The number of hydrogen-bond acceptors (Lipinski definition) is 5. The quantitative estimate of drug-likeness (QED) is 0.480. The van der Waals surface area contributed by atoms with Crippen LogP contribution in [0.2, 0.25) is 0 Å². The first-order chi connectivity index (χ1) is 14.4. The Balaban J connectivity index is 1.75. The molecule has 2 N–H and O–H groups in total. The Morgan fingerprint density at radius 1 is 1.07 bits per heavy atom. The summed E-state index contributed by atoms with van der Waals surface area (Å²) >= 11 is 0. The van der Waals surface area contributed by atoms with Gasteiger partial charge in [-0.1, -0.05) is 44.2 Å². The number of nitrogens with zero attached hydrogens (tertiary/aromatic N) is 2. The first-order valence-corrected chi connectivity index (χ1v) is 10.1. The number of hydrogen-bond donors (Lipinski definition) is 2. The van der Waals surface area contributed by atoms with Gasteiger partial charge in [-0.2, -0.15) is 0 Å². The van der Waals surface area contributed by atoms with Crippen LogP contribution in [0.1, 0.15) is 30.5 Å². The molecule has 0 spiro atoms. The van der Waals surface area contributed by atoms with Gasteiger partial charge in [-0.25, -0.2) is 4.98 Å². The number of phenols is 1. The minimum atomic E-state index is -0.230. The van der Waals surface area contributed by atoms with E-state index in [-0.39, 0.29) is 17.8 Å². The fourth-order valence-corrected chi connectivity index (χ4v) is 4.59. The van der Waals surface area contributed by atoms with Crippen molar-refractivity contribution >= 4 is 22.5 Å². The third-order valence-corrected chi connectivity index (χ3v) is 5.97. The number of rotatable bonds is 3. The smallest absolute Gasteiger partial charge is 0.227 e. The maximum Gasteiger partial charge on any atom is 0.227 e. The Bertz CT molecular complexity index is 1270. The second-order valence-corrected chi connectivity index (χ2v) is 8.55. The van der Waals surface area contributed by atoms with Crippen molar-refractivity contribution in [2.45, 2.75) is 32.8 Å². The van der Waals surface area contributed by atoms with Crippen LogP contribution in [0.4, 0.5) is 11.4 Å². The third-order valence-electron chi connectivity index (χ3n) is 5.97. The van der Waals surface area contributed by atoms with Gasteiger partial charge in [0.15, 0.2) is 5.58 Å². The lowest BCUT2D eigenvalue weighted by atomic mass is 9.83. The van der Waals surface area contributed by atoms with E-state index in [0.29, 0.717) is 17.0 Å². The second-order valence-electron chi connectivity index (χ2n) is 8.55. The van der Waals surface area contributed by atoms with Crippen LogP contribution < -0.4 is 4.90 Å². The highest BCUT2D eigenvalue weighted by atomic mass is 16.3. The number of aryl methyl sites for hydroxylation is 1. The van der Waals surface area contributed by atoms with Gasteiger partial charge in [0.1, 0.15) is 11.3 Å². The number of anilines is 2. The predicted octanol–water partition coefficient (Wildman–Crippen LogP) is 5.43. The third kappa shape index (κ3) is 2.70. The van der Waals surface area contributed by atoms with Gasteiger partial charge in [0.25, 0.3) is 0 Å². The zero-order valence-electron chi connectivity index (χ0n) is 17.3. The zero-order valence-corrected chi connectivity index (χ0v) is 17.3. The van der Waals surface area contributed by atoms with Crippen molar-refractivity contribution < 1.29 is 14.6 Å². The van der Waals surface area contributed by atoms with Crippen LogP contribution in [-0.2, 0) is 12.0 Å². The zero-order chi connectivity index (χ0) is 21.0. The summed E-state index contributed by atoms with van der Waals surface area (Å²) in [5.74, 6) is 0.747. The van der Waals surface area contributed by atoms with E-state index in [1.807, 2.05) is 36.4 Å². The Labute approximate surface area is 175 Å². The molecule has 30 heavy (non-hydrogen) atoms. The summed E-state index contributed by atoms with van der Waals surface area (Å²) in [6.07, 6.45) is 0. The summed E-state index contributed by atoms with van der Waals surface area (Å²) < 4.78 is 6.10. The van der Waals surface area contributed by atoms with Gasteiger partial charge in [0, 0.05) is 28.8 Å². The topological polar surface area (TPSA) is 69.7 Å². The molecule has 4 aromatic rings. The van der Waals surface area contributed by atoms with Crippen molar-refractivity contribution in [3.05, 3.63) is 71.3 Å². The molecule has 0 aliphatic carbocycles. The number of aromatic hydroxyl groups is 1. The molecule has 0 amide bonds. The van der Waals surface area contributed by atoms with Crippen LogP contribution in [0.5, 0.6) is 5.75 Å². The summed E-state index contributed by atoms with van der Waals surface area (Å²) in [4.78, 5) is 6.90. The average molecular weight is 400 g/mol. The lowest BCUT2D eigenvalue weighted by Crippen LogP contribution is -2.25. The number of fused-ring (bicyclic) bond motifs is 2. The van der Waals surface area contributed by atoms with E-state index in [0.717, 1.165) is 40.2 Å². The van der Waals surface area contributed by atoms with Crippen molar-refractivity contribution in [3.63, 3.8) is 0 Å². The van der Waals surface area contributed by atoms with Crippen molar-refractivity contribution in [3.8, 4) is 17.2 Å². The second kappa shape index (κ2) is 6.61. The minimum Gasteiger partial charge on any atom is -0.506 e. The number of aliphatic hydroxyl groups is 1. The number of benzene rings is 3. The normalized spacial score (nSPS) is 15.0. The van der Waals surface area contributed by atoms with E-state index >= 15 is 0 Å². The molecule has 0 atom stereocenters. The van der Waals surface area contributed by atoms with Gasteiger partial charge >= 0.3 is 0 Å². The minimum absolute atomic E-state index is 0.0937. The Hall–Kier alpha value is -3.31. The fourth-order valence-electron chi connectivity index (χ4n) is 4.59. The SMILES string of the molecule is Cc1ccccc1N1CC(C)(C)c2c(-c3nc4c(CO)cccc4o3)ccc(O)c21. The molecule has 1 aliphatic rings. The first-order valence-electron chi connectivity index (χ1n) is 10.1. The lowest BCUT2D eigenvalue weighted by molar-refractivity contribution is 0.283. The van der Waals surface area contributed by atoms with Gasteiger partial charge in [-0.15, -0.1) is 0 Å². The van der Waals surface area contributed by atoms with Gasteiger partial charge < -0.3 is 19.5 Å². The molecular weight excluding hydrogens is 376 g/mol. The number of para-hydroxylation sites is 2. The largest absolute Gasteiger partial charge is 0.506 e. The van der Waals surface area contributed by atoms with Crippen LogP contribution in [0.15, 0.2) is 59.0 Å². The maximum absolute atomic E-state index is 10.9. The first kappa shape index (κ1) is 18.7. The van der Waals surface area contributed by atoms with Gasteiger partial charge in [-0.05, 0) is 42.3 Å². The van der Waals surface area contributed by atoms with E-state index in [1.165, 1.54) is 0 Å². The predicted molar refractivity (Wildman–Crippen MR) is 118 cm³/mol. The molecule has 0 saturated heterocycles. The molecule has 0 fully saturated rings. The molecule has 5 rings (SSSR count). The van der Waals surface area contributed by atoms with Crippen LogP contribution in [0, 0.1) is 6.92 Å². The van der Waals surface area contributed by atoms with Crippen molar-refractivity contribution in [2.75, 3.05) is 11.4 Å². The molecule has 1 aromatic heterocycles. The fraction of sp³-hybridized carbons (Fsp3) is 0.240. The van der Waals surface area contributed by atoms with Crippen LogP contribution in [0.25, 0.3) is 22.6 Å². The standard InChI is InChI=1S/C25H24N2O3/c1-15-7-4-5-9-18(15)27-14-25(2,3)21-17(11-12-19(29)23(21)27)24-26-22-16(13-28)8-6-10-20(22)30-24/h4-12,28-29H,13-14H2,1-3H3. The molecule has 0 bridgehead atoms. The summed E-state index contributed by atoms with van der Waals surface area (Å²) in [5, 5.41) is 20.5. The van der Waals surface area contributed by atoms with Gasteiger partial charge in [0.05, 0.1) is 12.3 Å². The molecule has 1 aliphatic heterocycles. The summed E-state index contributed by atoms with van der Waals surface area (Å²) in [7, 11) is 0. The summed E-state index contributed by atoms with van der Waals surface area (Å²) in [6.45, 7) is 7.07. The van der Waals surface area contributed by atoms with E-state index in [1.54, 1.807) is 6.07 Å². The molecule has 0 radical (unpaired) electrons. The van der Waals surface area contributed by atoms with E-state index < -0.39 is 0 Å². The summed E-state index contributed by atoms with van der Waals surface area (Å²) in [5.41, 5.74) is 6.74. The maximum atomic E-state index is 10.9. The highest BCUT2D eigenvalue weighted by Crippen LogP contribution is 2.53. The lowest BCUT2D eigenvalue weighted by Gasteiger charge is -2.24. The monoisotopic (exact) mass is 400 g/mol. The molecule has 5 nitrogen and oxygen atoms in total. The van der Waals surface area contributed by atoms with Crippen molar-refractivity contribution in [1.29, 1.82) is 0 Å². The van der Waals surface area contributed by atoms with Crippen LogP contribution in [-0.4, -0.2) is 21.7 Å². The number of aromatic nitrogens is 1. The molecule has 2 heterocycles. The molecule has 3 aromatic carbocycles. The number of phenolic OH excluding ortho intramolecular Hbond substituents is 1. The van der Waals surface area contributed by atoms with Crippen molar-refractivity contribution in [1.82, 2.24) is 4.98 Å². The van der Waals surface area contributed by atoms with E-state index in [2.05, 4.69) is 37.8 Å². The Morgan fingerprint density at radius 3 is 2.63 bits per heavy atom. The average Bonchev–Trinajstić information content (AvgIpc) is 3.28. The molecule has 5 heteroatoms. The van der Waals surface area contributed by atoms with Crippen LogP contribution >= 0.6 is 0 Å². The van der Waals surface area contributed by atoms with Crippen molar-refractivity contribution in [2.24, 2.45) is 0 Å². The highest BCUT2D eigenvalue weighted by Gasteiger charge is 2.41. The highest BCUT2D eigenvalue weighted by molar-refractivity contribution is 5.87. The van der Waals surface area contributed by atoms with E-state index in [9.17, 15) is 10.2 Å².